The minimum atomic E-state index is 0.121. The lowest BCUT2D eigenvalue weighted by Crippen LogP contribution is -2.25. The Kier molecular flexibility index (Phi) is 2.39. The molecular weight excluding hydrogens is 372 g/mol. The van der Waals surface area contributed by atoms with Gasteiger partial charge >= 0.3 is 0 Å². The monoisotopic (exact) mass is 382 g/mol. The Morgan fingerprint density at radius 3 is 2.89 bits per heavy atom. The van der Waals surface area contributed by atoms with Crippen molar-refractivity contribution in [1.29, 1.82) is 0 Å². The maximum Gasteiger partial charge on any atom is 0.173 e. The Morgan fingerprint density at radius 1 is 1.32 bits per heavy atom. The van der Waals surface area contributed by atoms with Gasteiger partial charge in [0.25, 0.3) is 0 Å². The summed E-state index contributed by atoms with van der Waals surface area (Å²) in [4.78, 5) is 12.3. The minimum Gasteiger partial charge on any atom is -0.507 e. The van der Waals surface area contributed by atoms with E-state index in [0.29, 0.717) is 0 Å². The van der Waals surface area contributed by atoms with Crippen LogP contribution in [0.25, 0.3) is 5.57 Å². The predicted octanol–water partition coefficient (Wildman–Crippen LogP) is 4.19. The van der Waals surface area contributed by atoms with Crippen LogP contribution in [0.1, 0.15) is 30.4 Å². The number of aromatic hydroxyl groups is 1. The summed E-state index contributed by atoms with van der Waals surface area (Å²) in [5, 5.41) is 9.86. The van der Waals surface area contributed by atoms with Crippen LogP contribution in [0.5, 0.6) is 5.75 Å². The molecule has 1 spiro atoms. The molecule has 1 aromatic rings. The van der Waals surface area contributed by atoms with Gasteiger partial charge in [-0.3, -0.25) is 4.79 Å². The van der Waals surface area contributed by atoms with Crippen molar-refractivity contribution in [2.24, 2.45) is 11.3 Å². The van der Waals surface area contributed by atoms with Crippen LogP contribution in [-0.4, -0.2) is 10.9 Å². The third kappa shape index (κ3) is 1.39. The first-order chi connectivity index (χ1) is 9.03. The highest BCUT2D eigenvalue weighted by molar-refractivity contribution is 9.12. The Bertz CT molecular complexity index is 662. The molecule has 19 heavy (non-hydrogen) atoms. The van der Waals surface area contributed by atoms with E-state index in [-0.39, 0.29) is 22.9 Å². The van der Waals surface area contributed by atoms with Crippen LogP contribution >= 0.6 is 31.9 Å². The molecule has 0 unspecified atom stereocenters. The van der Waals surface area contributed by atoms with Gasteiger partial charge in [0, 0.05) is 11.3 Å². The lowest BCUT2D eigenvalue weighted by atomic mass is 9.74. The minimum absolute atomic E-state index is 0.121. The number of fused-ring (bicyclic) bond motifs is 3. The van der Waals surface area contributed by atoms with E-state index in [1.54, 1.807) is 6.07 Å². The number of allylic oxidation sites excluding steroid dienone is 2. The highest BCUT2D eigenvalue weighted by Gasteiger charge is 2.54. The molecule has 0 aromatic heterocycles. The lowest BCUT2D eigenvalue weighted by molar-refractivity contribution is -0.118. The predicted molar refractivity (Wildman–Crippen MR) is 80.1 cm³/mol. The van der Waals surface area contributed by atoms with Gasteiger partial charge in [-0.25, -0.2) is 0 Å². The van der Waals surface area contributed by atoms with Crippen molar-refractivity contribution in [2.45, 2.75) is 25.7 Å². The van der Waals surface area contributed by atoms with Crippen LogP contribution in [0.4, 0.5) is 0 Å². The van der Waals surface area contributed by atoms with Crippen LogP contribution in [0.15, 0.2) is 21.1 Å². The molecule has 1 fully saturated rings. The molecule has 0 aliphatic heterocycles. The van der Waals surface area contributed by atoms with Crippen molar-refractivity contribution < 1.29 is 9.90 Å². The molecule has 0 amide bonds. The number of Topliss-reactive ketones (excluding diaryl/α,β-unsaturated/α-hetero) is 1. The molecule has 3 aliphatic rings. The van der Waals surface area contributed by atoms with Crippen LogP contribution in [0.2, 0.25) is 0 Å². The molecule has 0 heterocycles. The Morgan fingerprint density at radius 2 is 2.11 bits per heavy atom. The fourth-order valence-electron chi connectivity index (χ4n) is 4.12. The zero-order valence-corrected chi connectivity index (χ0v) is 13.3. The molecule has 2 nitrogen and oxygen atoms in total. The first-order valence-corrected chi connectivity index (χ1v) is 8.07. The summed E-state index contributed by atoms with van der Waals surface area (Å²) in [6.07, 6.45) is 3.98. The molecule has 0 radical (unpaired) electrons. The molecule has 1 saturated carbocycles. The first-order valence-electron chi connectivity index (χ1n) is 6.49. The second kappa shape index (κ2) is 3.73. The van der Waals surface area contributed by atoms with Crippen molar-refractivity contribution in [3.8, 4) is 5.75 Å². The van der Waals surface area contributed by atoms with Gasteiger partial charge in [-0.1, -0.05) is 6.07 Å². The first kappa shape index (κ1) is 12.2. The van der Waals surface area contributed by atoms with Crippen molar-refractivity contribution in [2.75, 3.05) is 0 Å². The average molecular weight is 384 g/mol. The van der Waals surface area contributed by atoms with E-state index in [9.17, 15) is 9.90 Å². The van der Waals surface area contributed by atoms with Gasteiger partial charge < -0.3 is 5.11 Å². The smallest absolute Gasteiger partial charge is 0.173 e. The number of phenolic OH excluding ortho intramolecular Hbond substituents is 1. The summed E-state index contributed by atoms with van der Waals surface area (Å²) in [6.45, 7) is 0. The quantitative estimate of drug-likeness (QED) is 0.729. The Hall–Kier alpha value is -0.610. The number of rotatable bonds is 0. The van der Waals surface area contributed by atoms with E-state index in [1.807, 2.05) is 6.07 Å². The van der Waals surface area contributed by atoms with Crippen molar-refractivity contribution in [3.63, 3.8) is 0 Å². The Balaban J connectivity index is 2.03. The molecule has 0 saturated heterocycles. The van der Waals surface area contributed by atoms with Gasteiger partial charge in [-0.15, -0.1) is 0 Å². The average Bonchev–Trinajstić information content (AvgIpc) is 2.93. The molecular formula is C15H12Br2O2. The summed E-state index contributed by atoms with van der Waals surface area (Å²) < 4.78 is 1.56. The number of benzene rings is 1. The number of carbonyl (C=O) groups is 1. The van der Waals surface area contributed by atoms with Gasteiger partial charge in [0.2, 0.25) is 0 Å². The summed E-state index contributed by atoms with van der Waals surface area (Å²) >= 11 is 7.04. The number of phenols is 1. The van der Waals surface area contributed by atoms with E-state index < -0.39 is 0 Å². The summed E-state index contributed by atoms with van der Waals surface area (Å²) in [5.74, 6) is 0.742. The highest BCUT2D eigenvalue weighted by Crippen LogP contribution is 2.64. The van der Waals surface area contributed by atoms with Gasteiger partial charge in [-0.05, 0) is 80.3 Å². The summed E-state index contributed by atoms with van der Waals surface area (Å²) in [5.41, 5.74) is 3.59. The zero-order valence-electron chi connectivity index (χ0n) is 10.2. The molecule has 4 rings (SSSR count). The Labute approximate surface area is 128 Å². The topological polar surface area (TPSA) is 37.3 Å². The van der Waals surface area contributed by atoms with Crippen LogP contribution in [0, 0.1) is 11.3 Å². The third-order valence-corrected chi connectivity index (χ3v) is 6.62. The van der Waals surface area contributed by atoms with Crippen LogP contribution < -0.4 is 0 Å². The maximum atomic E-state index is 12.3. The van der Waals surface area contributed by atoms with E-state index in [4.69, 9.17) is 0 Å². The summed E-state index contributed by atoms with van der Waals surface area (Å²) in [7, 11) is 0. The number of halogens is 2. The number of carbonyl (C=O) groups excluding carboxylic acids is 1. The SMILES string of the molecule is O=C1C(Br)=C2c3ccc(O)c(Br)c3C[C@]23CC[C@H]1C3. The number of hydrogen-bond acceptors (Lipinski definition) is 2. The van der Waals surface area contributed by atoms with Gasteiger partial charge in [-0.2, -0.15) is 0 Å². The highest BCUT2D eigenvalue weighted by atomic mass is 79.9. The summed E-state index contributed by atoms with van der Waals surface area (Å²) in [6, 6.07) is 3.66. The van der Waals surface area contributed by atoms with E-state index in [2.05, 4.69) is 31.9 Å². The molecule has 3 aliphatic carbocycles. The second-order valence-electron chi connectivity index (χ2n) is 5.87. The normalized spacial score (nSPS) is 31.7. The van der Waals surface area contributed by atoms with Crippen molar-refractivity contribution >= 4 is 43.2 Å². The van der Waals surface area contributed by atoms with Gasteiger partial charge in [0.15, 0.2) is 5.78 Å². The van der Waals surface area contributed by atoms with Gasteiger partial charge in [0.1, 0.15) is 5.75 Å². The van der Waals surface area contributed by atoms with Crippen LogP contribution in [0.3, 0.4) is 0 Å². The number of ketones is 1. The van der Waals surface area contributed by atoms with E-state index >= 15 is 0 Å². The van der Waals surface area contributed by atoms with E-state index in [1.165, 1.54) is 5.57 Å². The molecule has 1 aromatic carbocycles. The van der Waals surface area contributed by atoms with Crippen molar-refractivity contribution in [3.05, 3.63) is 32.2 Å². The maximum absolute atomic E-state index is 12.3. The fourth-order valence-corrected chi connectivity index (χ4v) is 5.56. The molecule has 2 bridgehead atoms. The fraction of sp³-hybridized carbons (Fsp3) is 0.400. The van der Waals surface area contributed by atoms with Crippen LogP contribution in [-0.2, 0) is 11.2 Å². The second-order valence-corrected chi connectivity index (χ2v) is 7.46. The largest absolute Gasteiger partial charge is 0.507 e. The molecule has 98 valence electrons. The standard InChI is InChI=1S/C15H12Br2O2/c16-12-9-6-15-4-3-7(5-15)14(19)13(17)11(15)8(9)1-2-10(12)18/h1-2,7,18H,3-6H2/t7-,15+/m0/s1. The third-order valence-electron chi connectivity index (χ3n) is 4.95. The molecule has 1 N–H and O–H groups in total. The molecule has 2 atom stereocenters. The zero-order chi connectivity index (χ0) is 13.4. The van der Waals surface area contributed by atoms with E-state index in [0.717, 1.165) is 45.8 Å². The van der Waals surface area contributed by atoms with Crippen molar-refractivity contribution in [1.82, 2.24) is 0 Å². The lowest BCUT2D eigenvalue weighted by Gasteiger charge is -2.30. The molecule has 4 heteroatoms. The number of hydrogen-bond donors (Lipinski definition) is 1. The van der Waals surface area contributed by atoms with Gasteiger partial charge in [0.05, 0.1) is 8.96 Å².